The molecule has 0 spiro atoms. The van der Waals surface area contributed by atoms with Crippen LogP contribution in [0.25, 0.3) is 76.9 Å². The number of para-hydroxylation sites is 2. The van der Waals surface area contributed by atoms with Gasteiger partial charge in [0, 0.05) is 44.7 Å². The lowest BCUT2D eigenvalue weighted by atomic mass is 9.93. The van der Waals surface area contributed by atoms with Crippen LogP contribution in [-0.4, -0.2) is 0 Å². The molecule has 0 atom stereocenters. The molecule has 0 unspecified atom stereocenters. The average molecular weight is 628 g/mol. The maximum atomic E-state index is 6.40. The second-order valence-electron chi connectivity index (χ2n) is 12.6. The minimum absolute atomic E-state index is 0.861. The van der Waals surface area contributed by atoms with Crippen LogP contribution in [0.5, 0.6) is 0 Å². The molecule has 0 aliphatic rings. The van der Waals surface area contributed by atoms with E-state index in [-0.39, 0.29) is 0 Å². The summed E-state index contributed by atoms with van der Waals surface area (Å²) in [5.74, 6) is 0. The van der Waals surface area contributed by atoms with Crippen molar-refractivity contribution in [2.24, 2.45) is 0 Å². The monoisotopic (exact) mass is 627 g/mol. The van der Waals surface area contributed by atoms with E-state index in [1.165, 1.54) is 22.3 Å². The zero-order valence-electron chi connectivity index (χ0n) is 26.5. The highest BCUT2D eigenvalue weighted by Crippen LogP contribution is 2.43. The van der Waals surface area contributed by atoms with Gasteiger partial charge in [-0.1, -0.05) is 109 Å². The van der Waals surface area contributed by atoms with Gasteiger partial charge in [-0.3, -0.25) is 0 Å². The Morgan fingerprint density at radius 2 is 0.837 bits per heavy atom. The molecule has 0 aliphatic heterocycles. The second-order valence-corrected chi connectivity index (χ2v) is 12.6. The van der Waals surface area contributed by atoms with Crippen LogP contribution in [-0.2, 0) is 0 Å². The smallest absolute Gasteiger partial charge is 0.137 e. The second kappa shape index (κ2) is 11.0. The average Bonchev–Trinajstić information content (AvgIpc) is 3.72. The highest BCUT2D eigenvalue weighted by atomic mass is 16.3. The lowest BCUT2D eigenvalue weighted by Gasteiger charge is -2.27. The number of benzene rings is 8. The van der Waals surface area contributed by atoms with Crippen molar-refractivity contribution in [3.05, 3.63) is 176 Å². The van der Waals surface area contributed by atoms with Crippen molar-refractivity contribution in [1.82, 2.24) is 0 Å². The van der Waals surface area contributed by atoms with Crippen LogP contribution in [0.15, 0.2) is 185 Å². The summed E-state index contributed by atoms with van der Waals surface area (Å²) in [7, 11) is 0. The first-order valence-electron chi connectivity index (χ1n) is 16.6. The molecular formula is C46H29NO2. The molecule has 0 saturated heterocycles. The van der Waals surface area contributed by atoms with E-state index >= 15 is 0 Å². The van der Waals surface area contributed by atoms with Gasteiger partial charge in [-0.05, 0) is 93.7 Å². The highest BCUT2D eigenvalue weighted by molar-refractivity contribution is 6.11. The van der Waals surface area contributed by atoms with Crippen LogP contribution in [0.3, 0.4) is 0 Å². The van der Waals surface area contributed by atoms with Crippen LogP contribution in [0.4, 0.5) is 17.1 Å². The predicted octanol–water partition coefficient (Wildman–Crippen LogP) is 13.4. The summed E-state index contributed by atoms with van der Waals surface area (Å²) in [5, 5.41) is 6.76. The zero-order chi connectivity index (χ0) is 32.3. The van der Waals surface area contributed by atoms with Crippen LogP contribution in [0.2, 0.25) is 0 Å². The van der Waals surface area contributed by atoms with Gasteiger partial charge in [-0.25, -0.2) is 0 Å². The third kappa shape index (κ3) is 4.59. The van der Waals surface area contributed by atoms with E-state index < -0.39 is 0 Å². The SMILES string of the molecule is c1ccc(-c2ccc(N(c3ccc4cc5oc6ccccc6c5cc4c3)c3ccc4c(c3)oc3ccccc34)cc2-c2ccccc2)cc1. The Morgan fingerprint density at radius 3 is 1.57 bits per heavy atom. The van der Waals surface area contributed by atoms with E-state index in [4.69, 9.17) is 8.83 Å². The van der Waals surface area contributed by atoms with Crippen LogP contribution < -0.4 is 4.90 Å². The first kappa shape index (κ1) is 27.5. The molecule has 0 amide bonds. The Hall–Kier alpha value is -6.58. The topological polar surface area (TPSA) is 29.5 Å². The molecule has 0 aliphatic carbocycles. The molecule has 10 rings (SSSR count). The van der Waals surface area contributed by atoms with E-state index in [0.717, 1.165) is 71.7 Å². The Labute approximate surface area is 282 Å². The summed E-state index contributed by atoms with van der Waals surface area (Å²) < 4.78 is 12.6. The molecule has 49 heavy (non-hydrogen) atoms. The van der Waals surface area contributed by atoms with E-state index in [0.29, 0.717) is 0 Å². The summed E-state index contributed by atoms with van der Waals surface area (Å²) in [6, 6.07) is 62.2. The molecule has 8 aromatic carbocycles. The predicted molar refractivity (Wildman–Crippen MR) is 204 cm³/mol. The summed E-state index contributed by atoms with van der Waals surface area (Å²) in [5.41, 5.74) is 11.4. The van der Waals surface area contributed by atoms with Gasteiger partial charge in [0.2, 0.25) is 0 Å². The summed E-state index contributed by atoms with van der Waals surface area (Å²) in [6.07, 6.45) is 0. The van der Waals surface area contributed by atoms with Gasteiger partial charge in [0.05, 0.1) is 0 Å². The fourth-order valence-electron chi connectivity index (χ4n) is 7.29. The maximum absolute atomic E-state index is 6.40. The van der Waals surface area contributed by atoms with Crippen LogP contribution in [0.1, 0.15) is 0 Å². The number of furan rings is 2. The van der Waals surface area contributed by atoms with Gasteiger partial charge in [-0.2, -0.15) is 0 Å². The van der Waals surface area contributed by atoms with Gasteiger partial charge in [-0.15, -0.1) is 0 Å². The number of rotatable bonds is 5. The maximum Gasteiger partial charge on any atom is 0.137 e. The lowest BCUT2D eigenvalue weighted by molar-refractivity contribution is 0.668. The first-order valence-corrected chi connectivity index (χ1v) is 16.6. The Balaban J connectivity index is 1.21. The third-order valence-electron chi connectivity index (χ3n) is 9.63. The van der Waals surface area contributed by atoms with Gasteiger partial charge in [0.15, 0.2) is 0 Å². The van der Waals surface area contributed by atoms with Crippen molar-refractivity contribution >= 4 is 71.7 Å². The number of fused-ring (bicyclic) bond motifs is 7. The molecule has 0 saturated carbocycles. The molecule has 10 aromatic rings. The van der Waals surface area contributed by atoms with Crippen molar-refractivity contribution < 1.29 is 8.83 Å². The Morgan fingerprint density at radius 1 is 0.306 bits per heavy atom. The lowest BCUT2D eigenvalue weighted by Crippen LogP contribution is -2.10. The highest BCUT2D eigenvalue weighted by Gasteiger charge is 2.19. The molecule has 0 radical (unpaired) electrons. The molecule has 0 N–H and O–H groups in total. The fourth-order valence-corrected chi connectivity index (χ4v) is 7.29. The van der Waals surface area contributed by atoms with Gasteiger partial charge < -0.3 is 13.7 Å². The summed E-state index contributed by atoms with van der Waals surface area (Å²) in [4.78, 5) is 2.34. The van der Waals surface area contributed by atoms with E-state index in [1.807, 2.05) is 24.3 Å². The first-order chi connectivity index (χ1) is 24.3. The molecule has 0 bridgehead atoms. The van der Waals surface area contributed by atoms with Crippen LogP contribution >= 0.6 is 0 Å². The standard InChI is InChI=1S/C46H29NO2/c1-3-11-30(12-4-1)37-23-21-35(28-41(37)31-13-5-2-6-14-31)47(36-22-24-40-38-15-7-9-17-43(38)49-46(40)29-36)34-20-19-32-27-45-42(26-33(32)25-34)39-16-8-10-18-44(39)48-45/h1-29H. The number of hydrogen-bond donors (Lipinski definition) is 0. The minimum atomic E-state index is 0.861. The van der Waals surface area contributed by atoms with Crippen LogP contribution in [0, 0.1) is 0 Å². The molecular weight excluding hydrogens is 599 g/mol. The third-order valence-corrected chi connectivity index (χ3v) is 9.63. The number of hydrogen-bond acceptors (Lipinski definition) is 3. The fraction of sp³-hybridized carbons (Fsp3) is 0. The van der Waals surface area contributed by atoms with Gasteiger partial charge in [0.1, 0.15) is 22.3 Å². The van der Waals surface area contributed by atoms with E-state index in [1.54, 1.807) is 0 Å². The van der Waals surface area contributed by atoms with E-state index in [9.17, 15) is 0 Å². The molecule has 3 nitrogen and oxygen atoms in total. The van der Waals surface area contributed by atoms with Crippen molar-refractivity contribution in [1.29, 1.82) is 0 Å². The molecule has 2 heterocycles. The molecule has 3 heteroatoms. The van der Waals surface area contributed by atoms with E-state index in [2.05, 4.69) is 157 Å². The zero-order valence-corrected chi connectivity index (χ0v) is 26.5. The normalized spacial score (nSPS) is 11.7. The Bertz CT molecular complexity index is 2830. The largest absolute Gasteiger partial charge is 0.456 e. The van der Waals surface area contributed by atoms with Crippen molar-refractivity contribution in [2.45, 2.75) is 0 Å². The summed E-state index contributed by atoms with van der Waals surface area (Å²) >= 11 is 0. The molecule has 2 aromatic heterocycles. The number of anilines is 3. The molecule has 230 valence electrons. The van der Waals surface area contributed by atoms with Crippen molar-refractivity contribution in [3.8, 4) is 22.3 Å². The van der Waals surface area contributed by atoms with Gasteiger partial charge >= 0.3 is 0 Å². The minimum Gasteiger partial charge on any atom is -0.456 e. The quantitative estimate of drug-likeness (QED) is 0.190. The van der Waals surface area contributed by atoms with Crippen molar-refractivity contribution in [3.63, 3.8) is 0 Å². The van der Waals surface area contributed by atoms with Gasteiger partial charge in [0.25, 0.3) is 0 Å². The number of nitrogens with zero attached hydrogens (tertiary/aromatic N) is 1. The molecule has 0 fully saturated rings. The summed E-state index contributed by atoms with van der Waals surface area (Å²) in [6.45, 7) is 0. The Kier molecular flexibility index (Phi) is 6.18. The van der Waals surface area contributed by atoms with Crippen molar-refractivity contribution in [2.75, 3.05) is 4.90 Å².